The Bertz CT molecular complexity index is 1150. The van der Waals surface area contributed by atoms with E-state index < -0.39 is 0 Å². The van der Waals surface area contributed by atoms with Gasteiger partial charge in [-0.3, -0.25) is 14.8 Å². The molecule has 1 saturated carbocycles. The third-order valence-corrected chi connectivity index (χ3v) is 8.14. The van der Waals surface area contributed by atoms with Crippen molar-refractivity contribution in [2.24, 2.45) is 5.92 Å². The van der Waals surface area contributed by atoms with Gasteiger partial charge in [0.2, 0.25) is 5.88 Å². The lowest BCUT2D eigenvalue weighted by Gasteiger charge is -2.31. The van der Waals surface area contributed by atoms with Gasteiger partial charge in [0.05, 0.1) is 35.6 Å². The minimum Gasteiger partial charge on any atom is -0.477 e. The maximum absolute atomic E-state index is 13.3. The van der Waals surface area contributed by atoms with Gasteiger partial charge in [0.25, 0.3) is 5.91 Å². The molecule has 3 aromatic heterocycles. The Morgan fingerprint density at radius 1 is 1.23 bits per heavy atom. The monoisotopic (exact) mass is 511 g/mol. The number of hydrogen-bond acceptors (Lipinski definition) is 10. The quantitative estimate of drug-likeness (QED) is 0.346. The molecular weight excluding hydrogens is 482 g/mol. The van der Waals surface area contributed by atoms with E-state index in [0.717, 1.165) is 42.2 Å². The zero-order valence-corrected chi connectivity index (χ0v) is 21.2. The topological polar surface area (TPSA) is 114 Å². The van der Waals surface area contributed by atoms with Crippen LogP contribution >= 0.6 is 23.3 Å². The molecule has 0 bridgehead atoms. The Balaban J connectivity index is 1.33. The first-order valence-corrected chi connectivity index (χ1v) is 13.7. The van der Waals surface area contributed by atoms with Crippen LogP contribution in [-0.4, -0.2) is 50.8 Å². The summed E-state index contributed by atoms with van der Waals surface area (Å²) in [6, 6.07) is 3.85. The molecule has 11 heteroatoms. The first kappa shape index (κ1) is 24.0. The standard InChI is InChI=1S/C24H29N7O2S2/c1-2-33-21-14-26-12-19(29-21)20-13-28-24(34-20)23(32)30-22(15-5-8-25-9-6-15)18-11-16(7-10-27-18)31-35-17-3-4-17/h7,10-15,17,22,25H,2-6,8-9H2,1H3,(H,27,31)(H,30,32). The van der Waals surface area contributed by atoms with E-state index in [0.29, 0.717) is 34.4 Å². The van der Waals surface area contributed by atoms with Crippen LogP contribution in [0.5, 0.6) is 5.88 Å². The molecule has 3 N–H and O–H groups in total. The summed E-state index contributed by atoms with van der Waals surface area (Å²) < 4.78 is 8.89. The molecule has 2 fully saturated rings. The second-order valence-electron chi connectivity index (χ2n) is 8.63. The average Bonchev–Trinajstić information content (AvgIpc) is 3.60. The predicted octanol–water partition coefficient (Wildman–Crippen LogP) is 4.09. The number of rotatable bonds is 10. The van der Waals surface area contributed by atoms with Gasteiger partial charge in [-0.05, 0) is 75.7 Å². The van der Waals surface area contributed by atoms with Crippen molar-refractivity contribution < 1.29 is 9.53 Å². The lowest BCUT2D eigenvalue weighted by atomic mass is 9.88. The third kappa shape index (κ3) is 6.28. The van der Waals surface area contributed by atoms with Gasteiger partial charge in [-0.15, -0.1) is 11.3 Å². The fourth-order valence-corrected chi connectivity index (χ4v) is 5.59. The Morgan fingerprint density at radius 2 is 2.09 bits per heavy atom. The van der Waals surface area contributed by atoms with Crippen LogP contribution in [0, 0.1) is 5.92 Å². The van der Waals surface area contributed by atoms with Gasteiger partial charge in [0, 0.05) is 23.3 Å². The molecule has 3 aromatic rings. The van der Waals surface area contributed by atoms with Crippen molar-refractivity contribution in [2.75, 3.05) is 24.4 Å². The summed E-state index contributed by atoms with van der Waals surface area (Å²) in [5, 5.41) is 7.74. The Morgan fingerprint density at radius 3 is 2.89 bits per heavy atom. The van der Waals surface area contributed by atoms with E-state index >= 15 is 0 Å². The molecular formula is C24H29N7O2S2. The summed E-state index contributed by atoms with van der Waals surface area (Å²) in [4.78, 5) is 31.8. The number of nitrogens with zero attached hydrogens (tertiary/aromatic N) is 4. The van der Waals surface area contributed by atoms with E-state index in [1.54, 1.807) is 30.5 Å². The Kier molecular flexibility index (Phi) is 7.75. The maximum Gasteiger partial charge on any atom is 0.280 e. The number of thiazole rings is 1. The summed E-state index contributed by atoms with van der Waals surface area (Å²) in [6.07, 6.45) is 11.2. The number of pyridine rings is 1. The van der Waals surface area contributed by atoms with Crippen molar-refractivity contribution in [1.29, 1.82) is 0 Å². The van der Waals surface area contributed by atoms with Crippen LogP contribution in [0.4, 0.5) is 5.69 Å². The number of nitrogens with one attached hydrogen (secondary N) is 3. The number of anilines is 1. The fourth-order valence-electron chi connectivity index (χ4n) is 4.01. The number of carbonyl (C=O) groups is 1. The summed E-state index contributed by atoms with van der Waals surface area (Å²) in [5.74, 6) is 0.549. The van der Waals surface area contributed by atoms with E-state index in [2.05, 4.69) is 41.4 Å². The van der Waals surface area contributed by atoms with Crippen LogP contribution < -0.4 is 20.1 Å². The molecule has 0 radical (unpaired) electrons. The van der Waals surface area contributed by atoms with Crippen LogP contribution in [0.3, 0.4) is 0 Å². The molecule has 0 spiro atoms. The normalized spacial score (nSPS) is 17.1. The first-order chi connectivity index (χ1) is 17.2. The lowest BCUT2D eigenvalue weighted by Crippen LogP contribution is -2.39. The summed E-state index contributed by atoms with van der Waals surface area (Å²) >= 11 is 3.06. The molecule has 184 valence electrons. The van der Waals surface area contributed by atoms with Gasteiger partial charge in [-0.1, -0.05) is 0 Å². The van der Waals surface area contributed by atoms with Crippen molar-refractivity contribution in [3.05, 3.63) is 47.6 Å². The zero-order chi connectivity index (χ0) is 24.0. The highest BCUT2D eigenvalue weighted by atomic mass is 32.2. The van der Waals surface area contributed by atoms with E-state index in [9.17, 15) is 4.79 Å². The number of aromatic nitrogens is 4. The Labute approximate surface area is 213 Å². The molecule has 1 amide bonds. The highest BCUT2D eigenvalue weighted by Gasteiger charge is 2.29. The average molecular weight is 512 g/mol. The van der Waals surface area contributed by atoms with E-state index in [4.69, 9.17) is 4.74 Å². The molecule has 9 nitrogen and oxygen atoms in total. The van der Waals surface area contributed by atoms with Crippen molar-refractivity contribution in [3.63, 3.8) is 0 Å². The molecule has 0 aromatic carbocycles. The number of carbonyl (C=O) groups excluding carboxylic acids is 1. The van der Waals surface area contributed by atoms with Crippen molar-refractivity contribution >= 4 is 34.9 Å². The molecule has 2 aliphatic rings. The number of hydrogen-bond donors (Lipinski definition) is 3. The van der Waals surface area contributed by atoms with Crippen LogP contribution in [0.2, 0.25) is 0 Å². The zero-order valence-electron chi connectivity index (χ0n) is 19.6. The summed E-state index contributed by atoms with van der Waals surface area (Å²) in [7, 11) is 0. The van der Waals surface area contributed by atoms with Crippen molar-refractivity contribution in [2.45, 2.75) is 43.9 Å². The molecule has 5 rings (SSSR count). The molecule has 1 aliphatic heterocycles. The van der Waals surface area contributed by atoms with Gasteiger partial charge < -0.3 is 20.1 Å². The van der Waals surface area contributed by atoms with E-state index in [1.807, 2.05) is 19.2 Å². The highest BCUT2D eigenvalue weighted by Crippen LogP contribution is 2.35. The SMILES string of the molecule is CCOc1cncc(-c2cnc(C(=O)NC(c3cc(NSC4CC4)ccn3)C3CCNCC3)s2)n1. The van der Waals surface area contributed by atoms with Gasteiger partial charge in [0.1, 0.15) is 5.69 Å². The minimum atomic E-state index is -0.203. The summed E-state index contributed by atoms with van der Waals surface area (Å²) in [6.45, 7) is 4.27. The lowest BCUT2D eigenvalue weighted by molar-refractivity contribution is 0.0912. The third-order valence-electron chi connectivity index (χ3n) is 5.97. The predicted molar refractivity (Wildman–Crippen MR) is 139 cm³/mol. The fraction of sp³-hybridized carbons (Fsp3) is 0.458. The van der Waals surface area contributed by atoms with Gasteiger partial charge in [0.15, 0.2) is 5.01 Å². The molecule has 1 atom stereocenters. The maximum atomic E-state index is 13.3. The van der Waals surface area contributed by atoms with Gasteiger partial charge in [-0.25, -0.2) is 9.97 Å². The first-order valence-electron chi connectivity index (χ1n) is 12.0. The number of ether oxygens (including phenoxy) is 1. The van der Waals surface area contributed by atoms with Crippen LogP contribution in [0.1, 0.15) is 54.1 Å². The number of amides is 1. The van der Waals surface area contributed by atoms with Crippen LogP contribution in [-0.2, 0) is 0 Å². The molecule has 35 heavy (non-hydrogen) atoms. The van der Waals surface area contributed by atoms with E-state index in [-0.39, 0.29) is 11.9 Å². The van der Waals surface area contributed by atoms with E-state index in [1.165, 1.54) is 24.2 Å². The highest BCUT2D eigenvalue weighted by molar-refractivity contribution is 8.01. The smallest absolute Gasteiger partial charge is 0.280 e. The molecule has 1 unspecified atom stereocenters. The van der Waals surface area contributed by atoms with Gasteiger partial charge in [-0.2, -0.15) is 0 Å². The van der Waals surface area contributed by atoms with Crippen LogP contribution in [0.25, 0.3) is 10.6 Å². The van der Waals surface area contributed by atoms with Crippen molar-refractivity contribution in [1.82, 2.24) is 30.6 Å². The molecule has 4 heterocycles. The second-order valence-corrected chi connectivity index (χ2v) is 10.8. The Hall–Kier alpha value is -2.76. The number of piperidine rings is 1. The second kappa shape index (κ2) is 11.3. The summed E-state index contributed by atoms with van der Waals surface area (Å²) in [5.41, 5.74) is 2.53. The largest absolute Gasteiger partial charge is 0.477 e. The molecule has 1 saturated heterocycles. The van der Waals surface area contributed by atoms with Gasteiger partial charge >= 0.3 is 0 Å². The minimum absolute atomic E-state index is 0.189. The van der Waals surface area contributed by atoms with Crippen LogP contribution in [0.15, 0.2) is 36.9 Å². The van der Waals surface area contributed by atoms with Crippen molar-refractivity contribution in [3.8, 4) is 16.5 Å². The molecule has 1 aliphatic carbocycles.